The zero-order valence-corrected chi connectivity index (χ0v) is 23.3. The number of urea groups is 1. The minimum absolute atomic E-state index is 0.162. The summed E-state index contributed by atoms with van der Waals surface area (Å²) in [5, 5.41) is 8.27. The molecule has 0 saturated heterocycles. The molecule has 0 bridgehead atoms. The Morgan fingerprint density at radius 2 is 1.75 bits per heavy atom. The predicted molar refractivity (Wildman–Crippen MR) is 158 cm³/mol. The standard InChI is InChI=1S/C33H33N5O2/c1-5-28-27-21-37(33(39)34-29-14-9-11-22(2)23(29)3)31(24-16-18-26(40-4)19-17-24)30-15-10-20-36(30)32(27)38(35-28)25-12-7-6-8-13-25/h6-20,31H,5,21H2,1-4H3,(H,34,39)/t31-/m1/s1. The van der Waals surface area contributed by atoms with E-state index in [0.29, 0.717) is 6.54 Å². The Labute approximate surface area is 234 Å². The summed E-state index contributed by atoms with van der Waals surface area (Å²) in [5.74, 6) is 1.74. The second kappa shape index (κ2) is 10.4. The lowest BCUT2D eigenvalue weighted by Gasteiger charge is -2.31. The summed E-state index contributed by atoms with van der Waals surface area (Å²) >= 11 is 0. The van der Waals surface area contributed by atoms with Crippen LogP contribution in [0.15, 0.2) is 91.1 Å². The molecule has 1 N–H and O–H groups in total. The van der Waals surface area contributed by atoms with E-state index in [1.807, 2.05) is 77.2 Å². The van der Waals surface area contributed by atoms with Crippen molar-refractivity contribution in [2.75, 3.05) is 12.4 Å². The molecule has 6 rings (SSSR count). The Kier molecular flexibility index (Phi) is 6.64. The first-order valence-corrected chi connectivity index (χ1v) is 13.6. The van der Waals surface area contributed by atoms with E-state index in [2.05, 4.69) is 54.2 Å². The van der Waals surface area contributed by atoms with Crippen LogP contribution < -0.4 is 10.1 Å². The normalized spacial score (nSPS) is 14.3. The number of nitrogens with zero attached hydrogens (tertiary/aromatic N) is 4. The lowest BCUT2D eigenvalue weighted by molar-refractivity contribution is 0.194. The monoisotopic (exact) mass is 531 g/mol. The molecule has 1 aliphatic rings. The van der Waals surface area contributed by atoms with Crippen LogP contribution in [-0.4, -0.2) is 32.4 Å². The van der Waals surface area contributed by atoms with Crippen LogP contribution in [0.25, 0.3) is 11.5 Å². The number of rotatable bonds is 5. The van der Waals surface area contributed by atoms with E-state index in [1.54, 1.807) is 7.11 Å². The van der Waals surface area contributed by atoms with Gasteiger partial charge in [-0.2, -0.15) is 5.10 Å². The maximum Gasteiger partial charge on any atom is 0.322 e. The van der Waals surface area contributed by atoms with Gasteiger partial charge in [0, 0.05) is 17.4 Å². The van der Waals surface area contributed by atoms with Crippen LogP contribution in [0.3, 0.4) is 0 Å². The molecule has 5 aromatic rings. The molecule has 0 fully saturated rings. The van der Waals surface area contributed by atoms with Gasteiger partial charge < -0.3 is 19.5 Å². The van der Waals surface area contributed by atoms with Crippen molar-refractivity contribution in [3.8, 4) is 17.3 Å². The van der Waals surface area contributed by atoms with Crippen molar-refractivity contribution in [2.24, 2.45) is 0 Å². The van der Waals surface area contributed by atoms with Gasteiger partial charge in [-0.3, -0.25) is 0 Å². The van der Waals surface area contributed by atoms with E-state index < -0.39 is 0 Å². The number of nitrogens with one attached hydrogen (secondary N) is 1. The third-order valence-electron chi connectivity index (χ3n) is 7.84. The first-order chi connectivity index (χ1) is 19.5. The molecular formula is C33H33N5O2. The van der Waals surface area contributed by atoms with Crippen LogP contribution in [0.5, 0.6) is 5.75 Å². The molecule has 0 saturated carbocycles. The number of hydrogen-bond donors (Lipinski definition) is 1. The van der Waals surface area contributed by atoms with Gasteiger partial charge in [0.1, 0.15) is 11.6 Å². The van der Waals surface area contributed by atoms with Crippen molar-refractivity contribution in [1.82, 2.24) is 19.2 Å². The molecule has 3 aromatic carbocycles. The SMILES string of the molecule is CCc1nn(-c2ccccc2)c2c1CN(C(=O)Nc1cccc(C)c1C)[C@H](c1ccc(OC)cc1)c1cccn1-2. The highest BCUT2D eigenvalue weighted by atomic mass is 16.5. The van der Waals surface area contributed by atoms with Crippen LogP contribution >= 0.6 is 0 Å². The average molecular weight is 532 g/mol. The summed E-state index contributed by atoms with van der Waals surface area (Å²) in [6.07, 6.45) is 2.82. The molecule has 0 radical (unpaired) electrons. The molecule has 1 atom stereocenters. The molecule has 1 aliphatic heterocycles. The molecule has 0 unspecified atom stereocenters. The lowest BCUT2D eigenvalue weighted by Crippen LogP contribution is -2.38. The Bertz CT molecular complexity index is 1670. The van der Waals surface area contributed by atoms with Gasteiger partial charge in [0.05, 0.1) is 36.8 Å². The van der Waals surface area contributed by atoms with Gasteiger partial charge in [-0.15, -0.1) is 0 Å². The first kappa shape index (κ1) is 25.5. The summed E-state index contributed by atoms with van der Waals surface area (Å²) < 4.78 is 9.63. The van der Waals surface area contributed by atoms with Crippen LogP contribution in [-0.2, 0) is 13.0 Å². The molecule has 202 valence electrons. The fraction of sp³-hybridized carbons (Fsp3) is 0.212. The number of fused-ring (bicyclic) bond motifs is 3. The van der Waals surface area contributed by atoms with E-state index in [9.17, 15) is 4.79 Å². The van der Waals surface area contributed by atoms with Gasteiger partial charge >= 0.3 is 6.03 Å². The second-order valence-corrected chi connectivity index (χ2v) is 10.1. The highest BCUT2D eigenvalue weighted by Crippen LogP contribution is 2.39. The third kappa shape index (κ3) is 4.33. The smallest absolute Gasteiger partial charge is 0.322 e. The van der Waals surface area contributed by atoms with Crippen LogP contribution in [0, 0.1) is 13.8 Å². The molecule has 0 aliphatic carbocycles. The van der Waals surface area contributed by atoms with Crippen molar-refractivity contribution >= 4 is 11.7 Å². The zero-order chi connectivity index (χ0) is 27.8. The Morgan fingerprint density at radius 1 is 0.975 bits per heavy atom. The summed E-state index contributed by atoms with van der Waals surface area (Å²) in [4.78, 5) is 16.2. The minimum atomic E-state index is -0.340. The molecule has 7 heteroatoms. The third-order valence-corrected chi connectivity index (χ3v) is 7.84. The van der Waals surface area contributed by atoms with Crippen molar-refractivity contribution in [1.29, 1.82) is 0 Å². The molecule has 7 nitrogen and oxygen atoms in total. The van der Waals surface area contributed by atoms with Gasteiger partial charge in [-0.05, 0) is 79.4 Å². The predicted octanol–water partition coefficient (Wildman–Crippen LogP) is 6.99. The number of para-hydroxylation sites is 1. The number of methoxy groups -OCH3 is 1. The van der Waals surface area contributed by atoms with Gasteiger partial charge in [-0.1, -0.05) is 49.4 Å². The zero-order valence-electron chi connectivity index (χ0n) is 23.3. The molecule has 3 heterocycles. The second-order valence-electron chi connectivity index (χ2n) is 10.1. The van der Waals surface area contributed by atoms with Gasteiger partial charge in [0.2, 0.25) is 0 Å². The van der Waals surface area contributed by atoms with Gasteiger partial charge in [-0.25, -0.2) is 9.48 Å². The maximum atomic E-state index is 14.3. The van der Waals surface area contributed by atoms with Crippen molar-refractivity contribution in [2.45, 2.75) is 39.8 Å². The van der Waals surface area contributed by atoms with E-state index >= 15 is 0 Å². The average Bonchev–Trinajstić information content (AvgIpc) is 3.57. The number of aryl methyl sites for hydroxylation is 2. The Balaban J connectivity index is 1.55. The van der Waals surface area contributed by atoms with Gasteiger partial charge in [0.15, 0.2) is 0 Å². The van der Waals surface area contributed by atoms with Crippen molar-refractivity contribution in [3.63, 3.8) is 0 Å². The number of carbonyl (C=O) groups excluding carboxylic acids is 1. The quantitative estimate of drug-likeness (QED) is 0.266. The Hall–Kier alpha value is -4.78. The summed E-state index contributed by atoms with van der Waals surface area (Å²) in [5.41, 5.74) is 7.98. The fourth-order valence-corrected chi connectivity index (χ4v) is 5.56. The highest BCUT2D eigenvalue weighted by Gasteiger charge is 2.36. The summed E-state index contributed by atoms with van der Waals surface area (Å²) in [6, 6.07) is 27.8. The van der Waals surface area contributed by atoms with Crippen molar-refractivity contribution in [3.05, 3.63) is 125 Å². The fourth-order valence-electron chi connectivity index (χ4n) is 5.56. The van der Waals surface area contributed by atoms with E-state index in [0.717, 1.165) is 63.0 Å². The number of anilines is 1. The maximum absolute atomic E-state index is 14.3. The Morgan fingerprint density at radius 3 is 2.48 bits per heavy atom. The molecule has 2 amide bonds. The van der Waals surface area contributed by atoms with E-state index in [4.69, 9.17) is 9.84 Å². The molecule has 2 aromatic heterocycles. The molecule has 0 spiro atoms. The van der Waals surface area contributed by atoms with E-state index in [-0.39, 0.29) is 12.1 Å². The highest BCUT2D eigenvalue weighted by molar-refractivity contribution is 5.91. The minimum Gasteiger partial charge on any atom is -0.497 e. The van der Waals surface area contributed by atoms with Crippen LogP contribution in [0.1, 0.15) is 46.6 Å². The number of amides is 2. The number of hydrogen-bond acceptors (Lipinski definition) is 3. The largest absolute Gasteiger partial charge is 0.497 e. The number of carbonyl (C=O) groups is 1. The van der Waals surface area contributed by atoms with Crippen LogP contribution in [0.4, 0.5) is 10.5 Å². The topological polar surface area (TPSA) is 64.3 Å². The summed E-state index contributed by atoms with van der Waals surface area (Å²) in [7, 11) is 1.66. The number of benzene rings is 3. The number of ether oxygens (including phenoxy) is 1. The van der Waals surface area contributed by atoms with Crippen LogP contribution in [0.2, 0.25) is 0 Å². The van der Waals surface area contributed by atoms with Crippen molar-refractivity contribution < 1.29 is 9.53 Å². The first-order valence-electron chi connectivity index (χ1n) is 13.6. The molecular weight excluding hydrogens is 498 g/mol. The molecule has 40 heavy (non-hydrogen) atoms. The lowest BCUT2D eigenvalue weighted by atomic mass is 10.0. The van der Waals surface area contributed by atoms with Gasteiger partial charge in [0.25, 0.3) is 0 Å². The van der Waals surface area contributed by atoms with E-state index in [1.165, 1.54) is 0 Å². The summed E-state index contributed by atoms with van der Waals surface area (Å²) in [6.45, 7) is 6.61. The number of aromatic nitrogens is 3.